The molecule has 0 N–H and O–H groups in total. The van der Waals surface area contributed by atoms with E-state index in [-0.39, 0.29) is 28.9 Å². The molecule has 1 saturated carbocycles. The monoisotopic (exact) mass is 441 g/mol. The van der Waals surface area contributed by atoms with Crippen molar-refractivity contribution < 1.29 is 27.5 Å². The SMILES string of the molecule is Cc1ccc(S(=O)(=O)C2(C(=O)OCN3C(=O)c4ccccc4C3=O)CCCC2)cc1C. The number of hydrogen-bond acceptors (Lipinski definition) is 6. The summed E-state index contributed by atoms with van der Waals surface area (Å²) in [6.07, 6.45) is 1.44. The molecule has 8 heteroatoms. The third kappa shape index (κ3) is 3.26. The molecule has 1 heterocycles. The Labute approximate surface area is 180 Å². The fourth-order valence-corrected chi connectivity index (χ4v) is 6.38. The van der Waals surface area contributed by atoms with E-state index in [2.05, 4.69) is 0 Å². The van der Waals surface area contributed by atoms with Crippen LogP contribution in [-0.4, -0.2) is 42.6 Å². The van der Waals surface area contributed by atoms with Gasteiger partial charge in [-0.2, -0.15) is 0 Å². The molecular formula is C23H23NO6S. The molecule has 7 nitrogen and oxygen atoms in total. The first-order valence-electron chi connectivity index (χ1n) is 10.1. The molecule has 0 atom stereocenters. The summed E-state index contributed by atoms with van der Waals surface area (Å²) >= 11 is 0. The minimum absolute atomic E-state index is 0.0789. The molecule has 2 aliphatic rings. The maximum absolute atomic E-state index is 13.5. The zero-order valence-electron chi connectivity index (χ0n) is 17.4. The van der Waals surface area contributed by atoms with Crippen molar-refractivity contribution in [1.82, 2.24) is 4.90 Å². The second kappa shape index (κ2) is 7.60. The van der Waals surface area contributed by atoms with Crippen LogP contribution < -0.4 is 0 Å². The van der Waals surface area contributed by atoms with Crippen molar-refractivity contribution in [1.29, 1.82) is 0 Å². The highest BCUT2D eigenvalue weighted by molar-refractivity contribution is 7.93. The molecule has 4 rings (SSSR count). The smallest absolute Gasteiger partial charge is 0.329 e. The number of aryl methyl sites for hydroxylation is 2. The van der Waals surface area contributed by atoms with Crippen LogP contribution in [0.15, 0.2) is 47.4 Å². The summed E-state index contributed by atoms with van der Waals surface area (Å²) in [4.78, 5) is 39.0. The quantitative estimate of drug-likeness (QED) is 0.522. The summed E-state index contributed by atoms with van der Waals surface area (Å²) in [5, 5.41) is 0. The van der Waals surface area contributed by atoms with E-state index >= 15 is 0 Å². The average molecular weight is 442 g/mol. The number of fused-ring (bicyclic) bond motifs is 1. The number of amides is 2. The number of sulfone groups is 1. The fourth-order valence-electron chi connectivity index (χ4n) is 4.25. The van der Waals surface area contributed by atoms with Gasteiger partial charge in [0.05, 0.1) is 16.0 Å². The molecule has 162 valence electrons. The maximum Gasteiger partial charge on any atom is 0.329 e. The molecule has 1 aliphatic heterocycles. The van der Waals surface area contributed by atoms with Crippen molar-refractivity contribution in [3.8, 4) is 0 Å². The molecule has 0 saturated heterocycles. The molecule has 31 heavy (non-hydrogen) atoms. The van der Waals surface area contributed by atoms with Gasteiger partial charge in [0.1, 0.15) is 0 Å². The van der Waals surface area contributed by atoms with Gasteiger partial charge in [-0.15, -0.1) is 0 Å². The van der Waals surface area contributed by atoms with Gasteiger partial charge < -0.3 is 4.74 Å². The molecule has 1 aliphatic carbocycles. The number of rotatable bonds is 5. The largest absolute Gasteiger partial charge is 0.442 e. The highest BCUT2D eigenvalue weighted by atomic mass is 32.2. The van der Waals surface area contributed by atoms with Crippen LogP contribution in [0.1, 0.15) is 57.5 Å². The lowest BCUT2D eigenvalue weighted by Gasteiger charge is -2.27. The van der Waals surface area contributed by atoms with Crippen molar-refractivity contribution in [2.45, 2.75) is 49.2 Å². The van der Waals surface area contributed by atoms with Crippen molar-refractivity contribution in [3.63, 3.8) is 0 Å². The van der Waals surface area contributed by atoms with E-state index in [4.69, 9.17) is 4.74 Å². The van der Waals surface area contributed by atoms with Crippen LogP contribution in [0, 0.1) is 13.8 Å². The number of benzene rings is 2. The first-order chi connectivity index (χ1) is 14.7. The van der Waals surface area contributed by atoms with Gasteiger partial charge in [0.15, 0.2) is 21.3 Å². The van der Waals surface area contributed by atoms with Crippen LogP contribution in [0.5, 0.6) is 0 Å². The Morgan fingerprint density at radius 2 is 1.55 bits per heavy atom. The number of carbonyl (C=O) groups excluding carboxylic acids is 3. The Balaban J connectivity index is 1.59. The second-order valence-corrected chi connectivity index (χ2v) is 10.4. The van der Waals surface area contributed by atoms with Crippen LogP contribution in [-0.2, 0) is 19.4 Å². The summed E-state index contributed by atoms with van der Waals surface area (Å²) < 4.78 is 30.6. The van der Waals surface area contributed by atoms with Gasteiger partial charge in [-0.05, 0) is 62.1 Å². The number of esters is 1. The molecule has 0 unspecified atom stereocenters. The Bertz CT molecular complexity index is 1160. The van der Waals surface area contributed by atoms with Gasteiger partial charge in [-0.1, -0.05) is 31.0 Å². The summed E-state index contributed by atoms with van der Waals surface area (Å²) in [7, 11) is -4.03. The van der Waals surface area contributed by atoms with Gasteiger partial charge in [-0.25, -0.2) is 13.3 Å². The third-order valence-corrected chi connectivity index (χ3v) is 8.77. The molecule has 0 spiro atoms. The minimum atomic E-state index is -4.03. The Morgan fingerprint density at radius 3 is 2.10 bits per heavy atom. The van der Waals surface area contributed by atoms with Crippen LogP contribution in [0.2, 0.25) is 0 Å². The fraction of sp³-hybridized carbons (Fsp3) is 0.348. The standard InChI is InChI=1S/C23H23NO6S/c1-15-9-10-17(13-16(15)2)31(28,29)23(11-5-6-12-23)22(27)30-14-24-20(25)18-7-3-4-8-19(18)21(24)26/h3-4,7-10,13H,5-6,11-12,14H2,1-2H3. The zero-order chi connectivity index (χ0) is 22.4. The maximum atomic E-state index is 13.5. The van der Waals surface area contributed by atoms with Crippen LogP contribution in [0.25, 0.3) is 0 Å². The first-order valence-corrected chi connectivity index (χ1v) is 11.6. The van der Waals surface area contributed by atoms with Crippen molar-refractivity contribution in [3.05, 3.63) is 64.7 Å². The van der Waals surface area contributed by atoms with Crippen LogP contribution >= 0.6 is 0 Å². The highest BCUT2D eigenvalue weighted by Crippen LogP contribution is 2.42. The molecule has 2 aromatic rings. The van der Waals surface area contributed by atoms with E-state index in [0.29, 0.717) is 12.8 Å². The van der Waals surface area contributed by atoms with Crippen LogP contribution in [0.4, 0.5) is 0 Å². The predicted molar refractivity (Wildman–Crippen MR) is 112 cm³/mol. The van der Waals surface area contributed by atoms with E-state index in [0.717, 1.165) is 16.0 Å². The normalized spacial score (nSPS) is 17.7. The Kier molecular flexibility index (Phi) is 5.21. The Hall–Kier alpha value is -3.00. The summed E-state index contributed by atoms with van der Waals surface area (Å²) in [5.41, 5.74) is 2.24. The molecule has 0 bridgehead atoms. The molecule has 2 amide bonds. The van der Waals surface area contributed by atoms with E-state index in [1.165, 1.54) is 18.2 Å². The van der Waals surface area contributed by atoms with Crippen molar-refractivity contribution in [2.24, 2.45) is 0 Å². The lowest BCUT2D eigenvalue weighted by Crippen LogP contribution is -2.47. The van der Waals surface area contributed by atoms with Gasteiger partial charge in [0.25, 0.3) is 11.8 Å². The van der Waals surface area contributed by atoms with Gasteiger partial charge in [0.2, 0.25) is 0 Å². The zero-order valence-corrected chi connectivity index (χ0v) is 18.2. The summed E-state index contributed by atoms with van der Waals surface area (Å²) in [5.74, 6) is -2.04. The van der Waals surface area contributed by atoms with E-state index in [9.17, 15) is 22.8 Å². The van der Waals surface area contributed by atoms with E-state index in [1.807, 2.05) is 13.8 Å². The second-order valence-electron chi connectivity index (χ2n) is 8.10. The lowest BCUT2D eigenvalue weighted by atomic mass is 10.1. The van der Waals surface area contributed by atoms with Crippen LogP contribution in [0.3, 0.4) is 0 Å². The number of nitrogens with zero attached hydrogens (tertiary/aromatic N) is 1. The molecular weight excluding hydrogens is 418 g/mol. The van der Waals surface area contributed by atoms with E-state index < -0.39 is 39.1 Å². The third-order valence-electron chi connectivity index (χ3n) is 6.29. The van der Waals surface area contributed by atoms with E-state index in [1.54, 1.807) is 24.3 Å². The van der Waals surface area contributed by atoms with Gasteiger partial charge in [-0.3, -0.25) is 14.4 Å². The minimum Gasteiger partial charge on any atom is -0.442 e. The molecule has 0 aromatic heterocycles. The highest BCUT2D eigenvalue weighted by Gasteiger charge is 2.54. The molecule has 0 radical (unpaired) electrons. The van der Waals surface area contributed by atoms with Crippen molar-refractivity contribution in [2.75, 3.05) is 6.73 Å². The Morgan fingerprint density at radius 1 is 0.968 bits per heavy atom. The van der Waals surface area contributed by atoms with Gasteiger partial charge >= 0.3 is 5.97 Å². The molecule has 2 aromatic carbocycles. The first kappa shape index (κ1) is 21.2. The molecule has 1 fully saturated rings. The number of carbonyl (C=O) groups is 3. The predicted octanol–water partition coefficient (Wildman–Crippen LogP) is 3.19. The lowest BCUT2D eigenvalue weighted by molar-refractivity contribution is -0.149. The number of hydrogen-bond donors (Lipinski definition) is 0. The van der Waals surface area contributed by atoms with Gasteiger partial charge in [0, 0.05) is 0 Å². The summed E-state index contributed by atoms with van der Waals surface area (Å²) in [6.45, 7) is 3.08. The van der Waals surface area contributed by atoms with Crippen molar-refractivity contribution >= 4 is 27.6 Å². The average Bonchev–Trinajstić information content (AvgIpc) is 3.34. The number of ether oxygens (including phenoxy) is 1. The number of imide groups is 1. The topological polar surface area (TPSA) is 97.8 Å². The summed E-state index contributed by atoms with van der Waals surface area (Å²) in [6, 6.07) is 11.1.